The van der Waals surface area contributed by atoms with E-state index in [0.29, 0.717) is 31.9 Å². The predicted molar refractivity (Wildman–Crippen MR) is 267 cm³/mol. The summed E-state index contributed by atoms with van der Waals surface area (Å²) in [6.45, 7) is 9.73. The number of anilines is 3. The number of hydrogen-bond acceptors (Lipinski definition) is 9. The molecule has 0 saturated carbocycles. The Morgan fingerprint density at radius 1 is 0.896 bits per heavy atom. The van der Waals surface area contributed by atoms with Gasteiger partial charge in [-0.25, -0.2) is 0 Å². The summed E-state index contributed by atoms with van der Waals surface area (Å²) >= 11 is 3.77. The molecule has 67 heavy (non-hydrogen) atoms. The molecule has 2 amide bonds. The SMILES string of the molecule is COc1ccc([Si](C)(C)[C@@H]2[C@@H](CCn3cc(C(CO)c4ccccc4)nn3)O[C@]3(C(=O)N(Cc4cccc(N5CN(c6ccccc6)C6(CCNCC6)C5=O)c4)c4ccc(Br)cc43)[C@H]2C)cc1. The van der Waals surface area contributed by atoms with Crippen molar-refractivity contribution in [1.82, 2.24) is 20.3 Å². The summed E-state index contributed by atoms with van der Waals surface area (Å²) in [5.74, 6) is 0.339. The highest BCUT2D eigenvalue weighted by molar-refractivity contribution is 9.10. The first-order valence-electron chi connectivity index (χ1n) is 23.4. The van der Waals surface area contributed by atoms with E-state index in [1.165, 1.54) is 5.19 Å². The van der Waals surface area contributed by atoms with Gasteiger partial charge in [-0.15, -0.1) is 5.10 Å². The van der Waals surface area contributed by atoms with Crippen LogP contribution in [0.4, 0.5) is 17.1 Å². The molecule has 6 aromatic rings. The number of aromatic nitrogens is 3. The van der Waals surface area contributed by atoms with Gasteiger partial charge in [-0.1, -0.05) is 119 Å². The molecule has 2 spiro atoms. The number of para-hydroxylation sites is 1. The Morgan fingerprint density at radius 3 is 2.33 bits per heavy atom. The largest absolute Gasteiger partial charge is 0.497 e. The van der Waals surface area contributed by atoms with Crippen molar-refractivity contribution in [2.75, 3.05) is 48.2 Å². The molecule has 346 valence electrons. The molecule has 4 aliphatic heterocycles. The fraction of sp³-hybridized carbons (Fsp3) is 0.358. The van der Waals surface area contributed by atoms with Gasteiger partial charge in [0.1, 0.15) is 11.3 Å². The molecule has 4 aliphatic rings. The number of carbonyl (C=O) groups is 2. The second-order valence-electron chi connectivity index (χ2n) is 19.1. The lowest BCUT2D eigenvalue weighted by atomic mass is 9.82. The summed E-state index contributed by atoms with van der Waals surface area (Å²) in [4.78, 5) is 36.5. The molecule has 0 bridgehead atoms. The van der Waals surface area contributed by atoms with E-state index in [-0.39, 0.29) is 41.9 Å². The number of halogens is 1. The van der Waals surface area contributed by atoms with Crippen molar-refractivity contribution in [3.8, 4) is 5.75 Å². The molecule has 3 fully saturated rings. The number of aliphatic hydroxyl groups excluding tert-OH is 1. The van der Waals surface area contributed by atoms with Crippen molar-refractivity contribution >= 4 is 58.1 Å². The van der Waals surface area contributed by atoms with Crippen LogP contribution in [0.2, 0.25) is 18.6 Å². The van der Waals surface area contributed by atoms with Crippen LogP contribution in [-0.2, 0) is 33.0 Å². The fourth-order valence-electron chi connectivity index (χ4n) is 11.8. The van der Waals surface area contributed by atoms with Crippen molar-refractivity contribution in [2.45, 2.75) is 81.1 Å². The number of piperidine rings is 1. The molecule has 1 unspecified atom stereocenters. The number of aliphatic hydroxyl groups is 1. The molecule has 10 rings (SSSR count). The number of nitrogens with one attached hydrogen (secondary N) is 1. The minimum atomic E-state index is -2.43. The Hall–Kier alpha value is -5.64. The Morgan fingerprint density at radius 2 is 1.61 bits per heavy atom. The topological polar surface area (TPSA) is 125 Å². The molecule has 5 heterocycles. The number of methoxy groups -OCH3 is 1. The second-order valence-corrected chi connectivity index (χ2v) is 24.7. The Kier molecular flexibility index (Phi) is 12.2. The number of fused-ring (bicyclic) bond motifs is 2. The molecule has 5 aromatic carbocycles. The number of hydrogen-bond donors (Lipinski definition) is 2. The van der Waals surface area contributed by atoms with Crippen LogP contribution in [0.3, 0.4) is 0 Å². The normalized spacial score (nSPS) is 22.8. The number of ether oxygens (including phenoxy) is 2. The Bertz CT molecular complexity index is 2750. The molecule has 5 atom stereocenters. The van der Waals surface area contributed by atoms with E-state index in [2.05, 4.69) is 92.9 Å². The van der Waals surface area contributed by atoms with Gasteiger partial charge >= 0.3 is 0 Å². The van der Waals surface area contributed by atoms with Gasteiger partial charge in [0.15, 0.2) is 5.60 Å². The molecule has 1 aromatic heterocycles. The fourth-order valence-corrected chi connectivity index (χ4v) is 16.2. The summed E-state index contributed by atoms with van der Waals surface area (Å²) in [6.07, 6.45) is 3.67. The van der Waals surface area contributed by atoms with Crippen LogP contribution in [-0.4, -0.2) is 85.1 Å². The monoisotopic (exact) mass is 979 g/mol. The predicted octanol–water partition coefficient (Wildman–Crippen LogP) is 7.96. The van der Waals surface area contributed by atoms with Gasteiger partial charge in [-0.05, 0) is 104 Å². The maximum atomic E-state index is 15.7. The lowest BCUT2D eigenvalue weighted by Gasteiger charge is -2.39. The van der Waals surface area contributed by atoms with Gasteiger partial charge in [0.05, 0.1) is 58.4 Å². The lowest BCUT2D eigenvalue weighted by molar-refractivity contribution is -0.146. The third-order valence-corrected chi connectivity index (χ3v) is 20.1. The van der Waals surface area contributed by atoms with Crippen LogP contribution in [0.1, 0.15) is 54.5 Å². The zero-order chi connectivity index (χ0) is 46.5. The van der Waals surface area contributed by atoms with E-state index in [0.717, 1.165) is 69.9 Å². The van der Waals surface area contributed by atoms with Crippen molar-refractivity contribution < 1.29 is 24.2 Å². The Balaban J connectivity index is 0.974. The smallest absolute Gasteiger partial charge is 0.264 e. The van der Waals surface area contributed by atoms with Crippen molar-refractivity contribution in [3.05, 3.63) is 160 Å². The quantitative estimate of drug-likeness (QED) is 0.111. The zero-order valence-electron chi connectivity index (χ0n) is 38.5. The number of benzene rings is 5. The van der Waals surface area contributed by atoms with E-state index in [1.807, 2.05) is 112 Å². The standard InChI is InChI=1S/C53H58BrN7O5Si/c1-36-49(67(3,4)43-21-19-42(65-2)20-22-43)48(24-29-58-33-46(56-57-58)44(34-62)38-13-7-5-8-14-38)66-53(36)45-31-39(54)18-23-47(45)59(51(53)64)32-37-12-11-17-41(30-37)60-35-61(40-15-9-6-10-16-40)52(50(60)63)25-27-55-28-26-52/h5-23,30-31,33,36,44,48-49,55,62H,24-29,32,34-35H2,1-4H3/t36-,44?,48+,49-,53+/m0/s1. The second kappa shape index (κ2) is 18.1. The molecule has 14 heteroatoms. The van der Waals surface area contributed by atoms with Crippen LogP contribution in [0.15, 0.2) is 138 Å². The average molecular weight is 981 g/mol. The first-order chi connectivity index (χ1) is 32.5. The highest BCUT2D eigenvalue weighted by atomic mass is 79.9. The van der Waals surface area contributed by atoms with Crippen molar-refractivity contribution in [3.63, 3.8) is 0 Å². The molecular formula is C53H58BrN7O5Si. The first kappa shape index (κ1) is 45.2. The molecule has 2 N–H and O–H groups in total. The molecule has 12 nitrogen and oxygen atoms in total. The van der Waals surface area contributed by atoms with Crippen LogP contribution in [0.5, 0.6) is 5.75 Å². The molecule has 0 radical (unpaired) electrons. The van der Waals surface area contributed by atoms with E-state index >= 15 is 4.79 Å². The summed E-state index contributed by atoms with van der Waals surface area (Å²) in [5.41, 5.74) is 4.29. The lowest BCUT2D eigenvalue weighted by Crippen LogP contribution is -2.55. The van der Waals surface area contributed by atoms with Gasteiger partial charge in [0.2, 0.25) is 0 Å². The number of carbonyl (C=O) groups excluding carboxylic acids is 2. The van der Waals surface area contributed by atoms with Crippen LogP contribution < -0.4 is 29.9 Å². The van der Waals surface area contributed by atoms with E-state index in [9.17, 15) is 9.90 Å². The number of nitrogens with zero attached hydrogens (tertiary/aromatic N) is 6. The minimum absolute atomic E-state index is 0.0218. The van der Waals surface area contributed by atoms with Gasteiger partial charge in [-0.3, -0.25) is 19.2 Å². The maximum Gasteiger partial charge on any atom is 0.264 e. The minimum Gasteiger partial charge on any atom is -0.497 e. The Labute approximate surface area is 402 Å². The molecule has 3 saturated heterocycles. The van der Waals surface area contributed by atoms with Crippen LogP contribution >= 0.6 is 15.9 Å². The summed E-state index contributed by atoms with van der Waals surface area (Å²) in [5, 5.41) is 24.2. The third kappa shape index (κ3) is 7.80. The first-order valence-corrected chi connectivity index (χ1v) is 27.3. The maximum absolute atomic E-state index is 15.7. The van der Waals surface area contributed by atoms with Crippen molar-refractivity contribution in [1.29, 1.82) is 0 Å². The average Bonchev–Trinajstić information content (AvgIpc) is 4.08. The zero-order valence-corrected chi connectivity index (χ0v) is 41.1. The third-order valence-electron chi connectivity index (χ3n) is 15.2. The van der Waals surface area contributed by atoms with E-state index in [1.54, 1.807) is 7.11 Å². The number of amides is 2. The van der Waals surface area contributed by atoms with E-state index in [4.69, 9.17) is 9.47 Å². The summed E-state index contributed by atoms with van der Waals surface area (Å²) < 4.78 is 15.8. The van der Waals surface area contributed by atoms with Crippen LogP contribution in [0, 0.1) is 5.92 Å². The molecular weight excluding hydrogens is 923 g/mol. The van der Waals surface area contributed by atoms with Gasteiger partial charge in [0, 0.05) is 40.1 Å². The van der Waals surface area contributed by atoms with E-state index < -0.39 is 19.2 Å². The number of aryl methyl sites for hydroxylation is 1. The van der Waals surface area contributed by atoms with Gasteiger partial charge in [-0.2, -0.15) is 0 Å². The summed E-state index contributed by atoms with van der Waals surface area (Å²) in [7, 11) is -0.744. The highest BCUT2D eigenvalue weighted by Gasteiger charge is 2.66. The summed E-state index contributed by atoms with van der Waals surface area (Å²) in [6, 6.07) is 42.8. The molecule has 0 aliphatic carbocycles. The highest BCUT2D eigenvalue weighted by Crippen LogP contribution is 2.60. The van der Waals surface area contributed by atoms with Gasteiger partial charge < -0.3 is 29.7 Å². The van der Waals surface area contributed by atoms with Crippen molar-refractivity contribution in [2.24, 2.45) is 5.92 Å². The van der Waals surface area contributed by atoms with Crippen LogP contribution in [0.25, 0.3) is 0 Å². The number of rotatable bonds is 13. The van der Waals surface area contributed by atoms with Gasteiger partial charge in [0.25, 0.3) is 11.8 Å².